The molecule has 1 saturated heterocycles. The van der Waals surface area contributed by atoms with Gasteiger partial charge in [0.2, 0.25) is 0 Å². The number of thiazole rings is 1. The van der Waals surface area contributed by atoms with Crippen molar-refractivity contribution in [3.05, 3.63) is 16.6 Å². The van der Waals surface area contributed by atoms with Crippen LogP contribution in [-0.2, 0) is 14.6 Å². The maximum atomic E-state index is 11.7. The second kappa shape index (κ2) is 5.56. The highest BCUT2D eigenvalue weighted by molar-refractivity contribution is 7.91. The van der Waals surface area contributed by atoms with Gasteiger partial charge in [-0.1, -0.05) is 0 Å². The molecule has 0 radical (unpaired) electrons. The number of nitrogens with zero attached hydrogens (tertiary/aromatic N) is 2. The molecule has 0 spiro atoms. The minimum absolute atomic E-state index is 0.0638. The molecule has 1 fully saturated rings. The van der Waals surface area contributed by atoms with Crippen LogP contribution in [0.25, 0.3) is 0 Å². The van der Waals surface area contributed by atoms with Gasteiger partial charge >= 0.3 is 5.97 Å². The molecule has 1 aromatic heterocycles. The van der Waals surface area contributed by atoms with Crippen molar-refractivity contribution in [1.29, 1.82) is 0 Å². The van der Waals surface area contributed by atoms with Gasteiger partial charge in [0.15, 0.2) is 9.84 Å². The fourth-order valence-corrected chi connectivity index (χ4v) is 4.58. The topological polar surface area (TPSA) is 87.6 Å². The van der Waals surface area contributed by atoms with Crippen LogP contribution in [0.1, 0.15) is 25.1 Å². The minimum atomic E-state index is -3.14. The van der Waals surface area contributed by atoms with E-state index in [1.54, 1.807) is 5.51 Å². The number of rotatable bonds is 4. The number of carboxylic acid groups (broad SMARTS) is 1. The van der Waals surface area contributed by atoms with Gasteiger partial charge in [0.05, 0.1) is 35.2 Å². The Morgan fingerprint density at radius 3 is 3.00 bits per heavy atom. The van der Waals surface area contributed by atoms with Crippen LogP contribution in [0, 0.1) is 0 Å². The van der Waals surface area contributed by atoms with Gasteiger partial charge < -0.3 is 5.11 Å². The van der Waals surface area contributed by atoms with E-state index in [-0.39, 0.29) is 24.0 Å². The highest BCUT2D eigenvalue weighted by atomic mass is 32.2. The molecule has 6 nitrogen and oxygen atoms in total. The molecule has 1 aliphatic heterocycles. The zero-order chi connectivity index (χ0) is 14.0. The Hall–Kier alpha value is -0.990. The van der Waals surface area contributed by atoms with E-state index in [9.17, 15) is 13.2 Å². The van der Waals surface area contributed by atoms with Crippen molar-refractivity contribution in [2.24, 2.45) is 0 Å². The van der Waals surface area contributed by atoms with Crippen molar-refractivity contribution in [2.75, 3.05) is 18.1 Å². The van der Waals surface area contributed by atoms with E-state index in [2.05, 4.69) is 4.98 Å². The zero-order valence-corrected chi connectivity index (χ0v) is 12.2. The Kier molecular flexibility index (Phi) is 4.22. The molecule has 1 aromatic rings. The highest BCUT2D eigenvalue weighted by Gasteiger charge is 2.35. The smallest absolute Gasteiger partial charge is 0.304 e. The maximum absolute atomic E-state index is 11.7. The van der Waals surface area contributed by atoms with Crippen LogP contribution in [0.3, 0.4) is 0 Å². The third kappa shape index (κ3) is 3.52. The molecule has 8 heteroatoms. The average molecular weight is 304 g/mol. The summed E-state index contributed by atoms with van der Waals surface area (Å²) in [5.41, 5.74) is 2.58. The first kappa shape index (κ1) is 14.4. The van der Waals surface area contributed by atoms with Gasteiger partial charge in [0.25, 0.3) is 0 Å². The molecular weight excluding hydrogens is 288 g/mol. The fraction of sp³-hybridized carbons (Fsp3) is 0.636. The van der Waals surface area contributed by atoms with Gasteiger partial charge in [-0.2, -0.15) is 0 Å². The van der Waals surface area contributed by atoms with Crippen molar-refractivity contribution in [1.82, 2.24) is 9.88 Å². The molecule has 0 aliphatic carbocycles. The van der Waals surface area contributed by atoms with Crippen LogP contribution in [-0.4, -0.2) is 53.5 Å². The molecule has 2 rings (SSSR count). The lowest BCUT2D eigenvalue weighted by Gasteiger charge is -2.38. The number of aromatic nitrogens is 1. The molecule has 0 amide bonds. The summed E-state index contributed by atoms with van der Waals surface area (Å²) in [6.07, 6.45) is -0.159. The summed E-state index contributed by atoms with van der Waals surface area (Å²) in [4.78, 5) is 17.1. The second-order valence-corrected chi connectivity index (χ2v) is 7.64. The minimum Gasteiger partial charge on any atom is -0.481 e. The van der Waals surface area contributed by atoms with Crippen LogP contribution in [0.5, 0.6) is 0 Å². The van der Waals surface area contributed by atoms with Crippen molar-refractivity contribution in [3.8, 4) is 0 Å². The lowest BCUT2D eigenvalue weighted by Crippen LogP contribution is -2.50. The highest BCUT2D eigenvalue weighted by Crippen LogP contribution is 2.27. The van der Waals surface area contributed by atoms with Crippen LogP contribution in [0.15, 0.2) is 10.9 Å². The third-order valence-electron chi connectivity index (χ3n) is 3.36. The van der Waals surface area contributed by atoms with Gasteiger partial charge in [-0.25, -0.2) is 13.4 Å². The first-order valence-electron chi connectivity index (χ1n) is 5.95. The Balaban J connectivity index is 2.19. The summed E-state index contributed by atoms with van der Waals surface area (Å²) in [5, 5.41) is 10.8. The third-order valence-corrected chi connectivity index (χ3v) is 5.66. The molecular formula is C11H16N2O4S2. The first-order valence-corrected chi connectivity index (χ1v) is 8.71. The Morgan fingerprint density at radius 1 is 1.68 bits per heavy atom. The van der Waals surface area contributed by atoms with Gasteiger partial charge in [0, 0.05) is 18.0 Å². The summed E-state index contributed by atoms with van der Waals surface area (Å²) in [6, 6.07) is -0.543. The number of hydrogen-bond donors (Lipinski definition) is 1. The summed E-state index contributed by atoms with van der Waals surface area (Å²) in [7, 11) is -3.14. The lowest BCUT2D eigenvalue weighted by molar-refractivity contribution is -0.138. The molecule has 19 heavy (non-hydrogen) atoms. The molecule has 0 aromatic carbocycles. The maximum Gasteiger partial charge on any atom is 0.304 e. The van der Waals surface area contributed by atoms with Crippen molar-refractivity contribution in [2.45, 2.75) is 25.4 Å². The van der Waals surface area contributed by atoms with Crippen molar-refractivity contribution < 1.29 is 18.3 Å². The molecule has 0 bridgehead atoms. The number of carboxylic acids is 1. The number of aliphatic carboxylic acids is 1. The predicted molar refractivity (Wildman–Crippen MR) is 71.9 cm³/mol. The number of sulfone groups is 1. The Labute approximate surface area is 116 Å². The van der Waals surface area contributed by atoms with Crippen LogP contribution in [0.2, 0.25) is 0 Å². The summed E-state index contributed by atoms with van der Waals surface area (Å²) >= 11 is 1.47. The standard InChI is InChI=1S/C11H16N2O4S2/c1-8(10-5-18-7-12-10)13-2-3-19(16,17)6-9(13)4-11(14)15/h5,7-9H,2-4,6H2,1H3,(H,14,15). The summed E-state index contributed by atoms with van der Waals surface area (Å²) in [6.45, 7) is 2.29. The summed E-state index contributed by atoms with van der Waals surface area (Å²) in [5.74, 6) is -0.983. The van der Waals surface area contributed by atoms with Gasteiger partial charge in [-0.05, 0) is 6.92 Å². The van der Waals surface area contributed by atoms with Crippen molar-refractivity contribution in [3.63, 3.8) is 0 Å². The van der Waals surface area contributed by atoms with Gasteiger partial charge in [-0.15, -0.1) is 11.3 Å². The number of hydrogen-bond acceptors (Lipinski definition) is 6. The molecule has 106 valence electrons. The normalized spacial score (nSPS) is 25.0. The molecule has 2 unspecified atom stereocenters. The fourth-order valence-electron chi connectivity index (χ4n) is 2.38. The van der Waals surface area contributed by atoms with Gasteiger partial charge in [-0.3, -0.25) is 9.69 Å². The Morgan fingerprint density at radius 2 is 2.42 bits per heavy atom. The van der Waals surface area contributed by atoms with Gasteiger partial charge in [0.1, 0.15) is 0 Å². The largest absolute Gasteiger partial charge is 0.481 e. The van der Waals surface area contributed by atoms with E-state index in [0.717, 1.165) is 5.69 Å². The van der Waals surface area contributed by atoms with E-state index < -0.39 is 21.8 Å². The van der Waals surface area contributed by atoms with Crippen molar-refractivity contribution >= 4 is 27.1 Å². The Bertz CT molecular complexity index is 541. The average Bonchev–Trinajstić information content (AvgIpc) is 2.79. The first-order chi connectivity index (χ1) is 8.89. The second-order valence-electron chi connectivity index (χ2n) is 4.69. The van der Waals surface area contributed by atoms with E-state index >= 15 is 0 Å². The van der Waals surface area contributed by atoms with E-state index in [0.29, 0.717) is 6.54 Å². The van der Waals surface area contributed by atoms with Crippen LogP contribution < -0.4 is 0 Å². The SMILES string of the molecule is CC(c1cscn1)N1CCS(=O)(=O)CC1CC(=O)O. The zero-order valence-electron chi connectivity index (χ0n) is 10.5. The lowest BCUT2D eigenvalue weighted by atomic mass is 10.1. The predicted octanol–water partition coefficient (Wildman–Crippen LogP) is 0.778. The van der Waals surface area contributed by atoms with E-state index in [1.165, 1.54) is 11.3 Å². The monoisotopic (exact) mass is 304 g/mol. The van der Waals surface area contributed by atoms with E-state index in [4.69, 9.17) is 5.11 Å². The van der Waals surface area contributed by atoms with E-state index in [1.807, 2.05) is 17.2 Å². The molecule has 2 heterocycles. The van der Waals surface area contributed by atoms with Crippen LogP contribution in [0.4, 0.5) is 0 Å². The molecule has 0 saturated carbocycles. The van der Waals surface area contributed by atoms with Crippen LogP contribution >= 0.6 is 11.3 Å². The quantitative estimate of drug-likeness (QED) is 0.884. The molecule has 1 N–H and O–H groups in total. The summed E-state index contributed by atoms with van der Waals surface area (Å²) < 4.78 is 23.3. The number of carbonyl (C=O) groups is 1. The molecule has 2 atom stereocenters. The molecule has 1 aliphatic rings.